The van der Waals surface area contributed by atoms with Gasteiger partial charge in [0.1, 0.15) is 11.9 Å². The quantitative estimate of drug-likeness (QED) is 0.682. The van der Waals surface area contributed by atoms with Crippen LogP contribution in [0.3, 0.4) is 0 Å². The Labute approximate surface area is 135 Å². The molecule has 0 spiro atoms. The van der Waals surface area contributed by atoms with Crippen molar-refractivity contribution in [3.05, 3.63) is 71.9 Å². The second kappa shape index (κ2) is 5.98. The van der Waals surface area contributed by atoms with Crippen LogP contribution in [0.25, 0.3) is 16.9 Å². The van der Waals surface area contributed by atoms with Gasteiger partial charge in [0.05, 0.1) is 18.7 Å². The van der Waals surface area contributed by atoms with Crippen LogP contribution in [-0.4, -0.2) is 4.98 Å². The summed E-state index contributed by atoms with van der Waals surface area (Å²) >= 11 is 0. The first-order chi connectivity index (χ1) is 11.1. The third-order valence-electron chi connectivity index (χ3n) is 4.05. The van der Waals surface area contributed by atoms with Crippen molar-refractivity contribution in [1.29, 1.82) is 5.26 Å². The van der Waals surface area contributed by atoms with Crippen molar-refractivity contribution >= 4 is 0 Å². The maximum atomic E-state index is 9.43. The van der Waals surface area contributed by atoms with E-state index in [2.05, 4.69) is 35.5 Å². The lowest BCUT2D eigenvalue weighted by molar-refractivity contribution is -0.663. The molecule has 4 nitrogen and oxygen atoms in total. The summed E-state index contributed by atoms with van der Waals surface area (Å²) in [5, 5.41) is 9.43. The molecule has 1 aromatic carbocycles. The molecule has 0 saturated heterocycles. The molecule has 0 amide bonds. The van der Waals surface area contributed by atoms with E-state index in [1.54, 1.807) is 12.5 Å². The van der Waals surface area contributed by atoms with E-state index in [0.717, 1.165) is 28.2 Å². The normalized spacial score (nSPS) is 10.3. The molecule has 0 atom stereocenters. The molecule has 0 saturated carbocycles. The molecular formula is C19H18N4+2. The Morgan fingerprint density at radius 1 is 1.13 bits per heavy atom. The molecular weight excluding hydrogens is 284 g/mol. The van der Waals surface area contributed by atoms with Gasteiger partial charge in [0, 0.05) is 42.3 Å². The molecule has 0 fully saturated rings. The highest BCUT2D eigenvalue weighted by molar-refractivity contribution is 5.67. The maximum absolute atomic E-state index is 9.43. The first-order valence-corrected chi connectivity index (χ1v) is 7.44. The third-order valence-corrected chi connectivity index (χ3v) is 4.05. The highest BCUT2D eigenvalue weighted by atomic mass is 15.0. The standard InChI is InChI=1S/C19H18N4/c1-14-6-4-5-9-23(14)19-11-16(12-20)10-17(15(19)2)18-7-8-21-13-22(18)3/h4-11,13H,1-3H3/q+2. The average molecular weight is 302 g/mol. The van der Waals surface area contributed by atoms with Gasteiger partial charge in [-0.15, -0.1) is 0 Å². The topological polar surface area (TPSA) is 44.4 Å². The molecule has 0 aliphatic heterocycles. The Balaban J connectivity index is 2.32. The monoisotopic (exact) mass is 302 g/mol. The van der Waals surface area contributed by atoms with Crippen molar-refractivity contribution in [1.82, 2.24) is 4.98 Å². The lowest BCUT2D eigenvalue weighted by Gasteiger charge is -2.09. The fourth-order valence-electron chi connectivity index (χ4n) is 2.79. The highest BCUT2D eigenvalue weighted by Crippen LogP contribution is 2.25. The fourth-order valence-corrected chi connectivity index (χ4v) is 2.79. The van der Waals surface area contributed by atoms with Gasteiger partial charge in [-0.2, -0.15) is 9.83 Å². The van der Waals surface area contributed by atoms with Crippen molar-refractivity contribution in [2.24, 2.45) is 7.05 Å². The van der Waals surface area contributed by atoms with Crippen LogP contribution in [0, 0.1) is 25.2 Å². The Bertz CT molecular complexity index is 856. The van der Waals surface area contributed by atoms with Crippen LogP contribution in [0.1, 0.15) is 16.8 Å². The summed E-state index contributed by atoms with van der Waals surface area (Å²) in [6.45, 7) is 4.15. The van der Waals surface area contributed by atoms with Crippen LogP contribution in [0.5, 0.6) is 0 Å². The Morgan fingerprint density at radius 2 is 1.96 bits per heavy atom. The summed E-state index contributed by atoms with van der Waals surface area (Å²) in [7, 11) is 1.96. The minimum Gasteiger partial charge on any atom is -0.233 e. The van der Waals surface area contributed by atoms with Crippen molar-refractivity contribution in [3.8, 4) is 23.0 Å². The van der Waals surface area contributed by atoms with Gasteiger partial charge in [-0.3, -0.25) is 0 Å². The number of rotatable bonds is 2. The summed E-state index contributed by atoms with van der Waals surface area (Å²) in [5.41, 5.74) is 5.99. The molecule has 0 bridgehead atoms. The SMILES string of the molecule is Cc1c(-c2ccnc[n+]2C)cc(C#N)cc1-[n+]1ccccc1C. The Morgan fingerprint density at radius 3 is 2.65 bits per heavy atom. The first-order valence-electron chi connectivity index (χ1n) is 7.44. The largest absolute Gasteiger partial charge is 0.286 e. The van der Waals surface area contributed by atoms with E-state index in [9.17, 15) is 5.26 Å². The van der Waals surface area contributed by atoms with Crippen LogP contribution < -0.4 is 9.13 Å². The van der Waals surface area contributed by atoms with Crippen molar-refractivity contribution in [3.63, 3.8) is 0 Å². The van der Waals surface area contributed by atoms with Crippen LogP contribution in [0.15, 0.2) is 55.1 Å². The van der Waals surface area contributed by atoms with Gasteiger partial charge in [0.15, 0.2) is 11.9 Å². The summed E-state index contributed by atoms with van der Waals surface area (Å²) in [6, 6.07) is 14.2. The molecule has 0 aliphatic rings. The molecule has 4 heteroatoms. The van der Waals surface area contributed by atoms with E-state index >= 15 is 0 Å². The van der Waals surface area contributed by atoms with Crippen LogP contribution in [0.4, 0.5) is 0 Å². The Kier molecular flexibility index (Phi) is 3.86. The number of benzene rings is 1. The maximum Gasteiger partial charge on any atom is 0.286 e. The molecule has 112 valence electrons. The molecule has 0 unspecified atom stereocenters. The predicted molar refractivity (Wildman–Crippen MR) is 86.6 cm³/mol. The van der Waals surface area contributed by atoms with Crippen molar-refractivity contribution in [2.45, 2.75) is 13.8 Å². The number of hydrogen-bond acceptors (Lipinski definition) is 2. The third kappa shape index (κ3) is 2.69. The van der Waals surface area contributed by atoms with Gasteiger partial charge in [-0.05, 0) is 13.0 Å². The number of aromatic nitrogens is 3. The van der Waals surface area contributed by atoms with Gasteiger partial charge in [-0.1, -0.05) is 11.1 Å². The average Bonchev–Trinajstić information content (AvgIpc) is 2.57. The minimum atomic E-state index is 0.646. The van der Waals surface area contributed by atoms with Gasteiger partial charge < -0.3 is 0 Å². The van der Waals surface area contributed by atoms with E-state index in [4.69, 9.17) is 0 Å². The van der Waals surface area contributed by atoms with Crippen molar-refractivity contribution < 1.29 is 9.13 Å². The zero-order valence-electron chi connectivity index (χ0n) is 13.5. The van der Waals surface area contributed by atoms with E-state index < -0.39 is 0 Å². The van der Waals surface area contributed by atoms with E-state index in [1.807, 2.05) is 48.1 Å². The molecule has 2 heterocycles. The van der Waals surface area contributed by atoms with Crippen molar-refractivity contribution in [2.75, 3.05) is 0 Å². The minimum absolute atomic E-state index is 0.646. The van der Waals surface area contributed by atoms with E-state index in [0.29, 0.717) is 5.56 Å². The molecule has 2 aromatic heterocycles. The number of aryl methyl sites for hydroxylation is 2. The lowest BCUT2D eigenvalue weighted by atomic mass is 9.99. The second-order valence-electron chi connectivity index (χ2n) is 5.57. The zero-order valence-corrected chi connectivity index (χ0v) is 13.5. The molecule has 3 aromatic rings. The van der Waals surface area contributed by atoms with Gasteiger partial charge in [-0.25, -0.2) is 4.57 Å². The molecule has 0 radical (unpaired) electrons. The number of nitrogens with zero attached hydrogens (tertiary/aromatic N) is 4. The summed E-state index contributed by atoms with van der Waals surface area (Å²) in [6.07, 6.45) is 5.57. The summed E-state index contributed by atoms with van der Waals surface area (Å²) in [4.78, 5) is 4.13. The molecule has 3 rings (SSSR count). The number of nitriles is 1. The van der Waals surface area contributed by atoms with E-state index in [1.165, 1.54) is 0 Å². The number of hydrogen-bond donors (Lipinski definition) is 0. The fraction of sp³-hybridized carbons (Fsp3) is 0.158. The lowest BCUT2D eigenvalue weighted by Crippen LogP contribution is -2.35. The second-order valence-corrected chi connectivity index (χ2v) is 5.57. The summed E-state index contributed by atoms with van der Waals surface area (Å²) < 4.78 is 4.08. The molecule has 23 heavy (non-hydrogen) atoms. The van der Waals surface area contributed by atoms with Crippen LogP contribution in [-0.2, 0) is 7.05 Å². The van der Waals surface area contributed by atoms with Gasteiger partial charge in [0.25, 0.3) is 6.33 Å². The highest BCUT2D eigenvalue weighted by Gasteiger charge is 2.20. The molecule has 0 aliphatic carbocycles. The summed E-state index contributed by atoms with van der Waals surface area (Å²) in [5.74, 6) is 0. The van der Waals surface area contributed by atoms with Crippen LogP contribution >= 0.6 is 0 Å². The first kappa shape index (κ1) is 14.9. The van der Waals surface area contributed by atoms with Gasteiger partial charge >= 0.3 is 0 Å². The zero-order chi connectivity index (χ0) is 16.4. The molecule has 0 N–H and O–H groups in total. The Hall–Kier alpha value is -3.06. The van der Waals surface area contributed by atoms with E-state index in [-0.39, 0.29) is 0 Å². The predicted octanol–water partition coefficient (Wildman–Crippen LogP) is 2.34. The number of pyridine rings is 1. The van der Waals surface area contributed by atoms with Crippen LogP contribution in [0.2, 0.25) is 0 Å². The van der Waals surface area contributed by atoms with Gasteiger partial charge in [0.2, 0.25) is 5.69 Å². The smallest absolute Gasteiger partial charge is 0.233 e.